The summed E-state index contributed by atoms with van der Waals surface area (Å²) in [7, 11) is 0. The SMILES string of the molecule is CC(=O)N[C@@H](CO)C(=O)N[C@@H](Cc1ccc(O)cc1)C(=O)N[C@H](C(=O)N[C@@H](CCCCN)C(=O)N[C@@H](C)C(=O)O)C(C)C. The maximum Gasteiger partial charge on any atom is 0.325 e. The highest BCUT2D eigenvalue weighted by Crippen LogP contribution is 2.13. The lowest BCUT2D eigenvalue weighted by Crippen LogP contribution is -2.60. The summed E-state index contributed by atoms with van der Waals surface area (Å²) in [6.07, 6.45) is 1.13. The number of benzene rings is 1. The number of rotatable bonds is 18. The first-order chi connectivity index (χ1) is 20.2. The van der Waals surface area contributed by atoms with Crippen LogP contribution < -0.4 is 32.3 Å². The van der Waals surface area contributed by atoms with Crippen molar-refractivity contribution in [2.24, 2.45) is 11.7 Å². The van der Waals surface area contributed by atoms with Crippen LogP contribution in [0.2, 0.25) is 0 Å². The molecule has 15 heteroatoms. The molecule has 10 N–H and O–H groups in total. The zero-order valence-corrected chi connectivity index (χ0v) is 24.9. The molecule has 5 atom stereocenters. The van der Waals surface area contributed by atoms with Crippen molar-refractivity contribution in [1.29, 1.82) is 0 Å². The Bertz CT molecular complexity index is 1110. The normalized spacial score (nSPS) is 14.4. The molecule has 0 fully saturated rings. The first-order valence-electron chi connectivity index (χ1n) is 14.0. The van der Waals surface area contributed by atoms with Crippen LogP contribution in [0.15, 0.2) is 24.3 Å². The number of carboxylic acid groups (broad SMARTS) is 1. The number of amides is 5. The molecule has 0 aliphatic rings. The van der Waals surface area contributed by atoms with Crippen molar-refractivity contribution in [2.75, 3.05) is 13.2 Å². The van der Waals surface area contributed by atoms with E-state index in [-0.39, 0.29) is 18.6 Å². The molecule has 1 aromatic rings. The monoisotopic (exact) mass is 608 g/mol. The number of aliphatic hydroxyl groups is 1. The highest BCUT2D eigenvalue weighted by Gasteiger charge is 2.33. The molecule has 5 amide bonds. The van der Waals surface area contributed by atoms with Crippen molar-refractivity contribution in [3.05, 3.63) is 29.8 Å². The average molecular weight is 609 g/mol. The van der Waals surface area contributed by atoms with E-state index < -0.39 is 78.2 Å². The molecule has 0 aromatic heterocycles. The molecule has 15 nitrogen and oxygen atoms in total. The molecule has 0 unspecified atom stereocenters. The van der Waals surface area contributed by atoms with Crippen molar-refractivity contribution in [1.82, 2.24) is 26.6 Å². The number of carboxylic acids is 1. The van der Waals surface area contributed by atoms with Gasteiger partial charge in [-0.25, -0.2) is 0 Å². The van der Waals surface area contributed by atoms with E-state index in [9.17, 15) is 39.0 Å². The van der Waals surface area contributed by atoms with E-state index in [1.807, 2.05) is 0 Å². The van der Waals surface area contributed by atoms with Crippen LogP contribution in [0, 0.1) is 5.92 Å². The summed E-state index contributed by atoms with van der Waals surface area (Å²) in [5.74, 6) is -5.35. The number of aromatic hydroxyl groups is 1. The van der Waals surface area contributed by atoms with E-state index in [1.165, 1.54) is 31.2 Å². The molecule has 0 spiro atoms. The Morgan fingerprint density at radius 2 is 1.33 bits per heavy atom. The van der Waals surface area contributed by atoms with E-state index >= 15 is 0 Å². The lowest BCUT2D eigenvalue weighted by atomic mass is 9.99. The summed E-state index contributed by atoms with van der Waals surface area (Å²) in [5.41, 5.74) is 6.09. The highest BCUT2D eigenvalue weighted by molar-refractivity contribution is 5.96. The minimum Gasteiger partial charge on any atom is -0.508 e. The van der Waals surface area contributed by atoms with Crippen molar-refractivity contribution in [3.63, 3.8) is 0 Å². The molecule has 0 saturated heterocycles. The lowest BCUT2D eigenvalue weighted by molar-refractivity contribution is -0.142. The van der Waals surface area contributed by atoms with Gasteiger partial charge in [0.25, 0.3) is 0 Å². The van der Waals surface area contributed by atoms with Gasteiger partial charge in [-0.3, -0.25) is 28.8 Å². The number of aliphatic hydroxyl groups excluding tert-OH is 1. The number of nitrogens with two attached hydrogens (primary N) is 1. The zero-order chi connectivity index (χ0) is 32.7. The van der Waals surface area contributed by atoms with Crippen LogP contribution in [0.25, 0.3) is 0 Å². The van der Waals surface area contributed by atoms with E-state index in [4.69, 9.17) is 10.8 Å². The smallest absolute Gasteiger partial charge is 0.325 e. The highest BCUT2D eigenvalue weighted by atomic mass is 16.4. The molecule has 240 valence electrons. The van der Waals surface area contributed by atoms with Gasteiger partial charge in [0.05, 0.1) is 6.61 Å². The van der Waals surface area contributed by atoms with Gasteiger partial charge in [-0.2, -0.15) is 0 Å². The minimum absolute atomic E-state index is 0.0147. The van der Waals surface area contributed by atoms with Crippen LogP contribution in [0.3, 0.4) is 0 Å². The molecule has 0 aliphatic carbocycles. The summed E-state index contributed by atoms with van der Waals surface area (Å²) in [4.78, 5) is 75.2. The van der Waals surface area contributed by atoms with Gasteiger partial charge < -0.3 is 47.6 Å². The van der Waals surface area contributed by atoms with Crippen molar-refractivity contribution >= 4 is 35.5 Å². The second kappa shape index (κ2) is 18.3. The van der Waals surface area contributed by atoms with Crippen LogP contribution >= 0.6 is 0 Å². The third-order valence-electron chi connectivity index (χ3n) is 6.44. The quantitative estimate of drug-likeness (QED) is 0.0851. The first kappa shape index (κ1) is 36.8. The van der Waals surface area contributed by atoms with Crippen LogP contribution in [0.1, 0.15) is 52.5 Å². The van der Waals surface area contributed by atoms with Gasteiger partial charge in [-0.15, -0.1) is 0 Å². The average Bonchev–Trinajstić information content (AvgIpc) is 2.94. The number of hydrogen-bond donors (Lipinski definition) is 9. The number of aliphatic carboxylic acids is 1. The molecule has 0 radical (unpaired) electrons. The molecule has 0 aliphatic heterocycles. The van der Waals surface area contributed by atoms with Gasteiger partial charge in [0.2, 0.25) is 29.5 Å². The van der Waals surface area contributed by atoms with E-state index in [1.54, 1.807) is 13.8 Å². The standard InChI is InChI=1S/C28H44N6O9/c1-15(2)23(27(41)32-20(7-5-6-12-29)24(38)30-16(3)28(42)43)34-25(39)21(13-18-8-10-19(37)11-9-18)33-26(40)22(14-35)31-17(4)36/h8-11,15-16,20-23,35,37H,5-7,12-14,29H2,1-4H3,(H,30,38)(H,31,36)(H,32,41)(H,33,40)(H,34,39)(H,42,43)/t16-,20-,21-,22-,23-/m0/s1. The van der Waals surface area contributed by atoms with Gasteiger partial charge >= 0.3 is 5.97 Å². The van der Waals surface area contributed by atoms with Gasteiger partial charge in [0.1, 0.15) is 36.0 Å². The largest absolute Gasteiger partial charge is 0.508 e. The fourth-order valence-corrected chi connectivity index (χ4v) is 3.98. The van der Waals surface area contributed by atoms with Crippen molar-refractivity contribution < 1.29 is 44.1 Å². The Kier molecular flexibility index (Phi) is 15.7. The lowest BCUT2D eigenvalue weighted by Gasteiger charge is -2.28. The molecular weight excluding hydrogens is 564 g/mol. The first-order valence-corrected chi connectivity index (χ1v) is 14.0. The van der Waals surface area contributed by atoms with Crippen LogP contribution in [0.5, 0.6) is 5.75 Å². The Morgan fingerprint density at radius 1 is 0.767 bits per heavy atom. The fourth-order valence-electron chi connectivity index (χ4n) is 3.98. The second-order valence-corrected chi connectivity index (χ2v) is 10.5. The van der Waals surface area contributed by atoms with Gasteiger partial charge in [-0.1, -0.05) is 26.0 Å². The molecular formula is C28H44N6O9. The summed E-state index contributed by atoms with van der Waals surface area (Å²) in [6, 6.07) is -0.218. The van der Waals surface area contributed by atoms with Crippen LogP contribution in [0.4, 0.5) is 0 Å². The van der Waals surface area contributed by atoms with Gasteiger partial charge in [0, 0.05) is 13.3 Å². The third kappa shape index (κ3) is 13.1. The maximum absolute atomic E-state index is 13.5. The second-order valence-electron chi connectivity index (χ2n) is 10.5. The summed E-state index contributed by atoms with van der Waals surface area (Å²) in [6.45, 7) is 5.38. The predicted molar refractivity (Wildman–Crippen MR) is 155 cm³/mol. The van der Waals surface area contributed by atoms with Crippen molar-refractivity contribution in [2.45, 2.75) is 83.6 Å². The summed E-state index contributed by atoms with van der Waals surface area (Å²) >= 11 is 0. The summed E-state index contributed by atoms with van der Waals surface area (Å²) < 4.78 is 0. The maximum atomic E-state index is 13.5. The minimum atomic E-state index is -1.34. The Hall–Kier alpha value is -4.24. The number of nitrogens with one attached hydrogen (secondary N) is 5. The molecule has 1 rings (SSSR count). The number of carbonyl (C=O) groups excluding carboxylic acids is 5. The number of phenols is 1. The predicted octanol–water partition coefficient (Wildman–Crippen LogP) is -1.74. The molecule has 0 saturated carbocycles. The number of phenolic OH excluding ortho intramolecular Hbond substituents is 1. The molecule has 0 bridgehead atoms. The Morgan fingerprint density at radius 3 is 1.84 bits per heavy atom. The summed E-state index contributed by atoms with van der Waals surface area (Å²) in [5, 5.41) is 40.6. The van der Waals surface area contributed by atoms with Gasteiger partial charge in [-0.05, 0) is 56.3 Å². The zero-order valence-electron chi connectivity index (χ0n) is 24.9. The number of carbonyl (C=O) groups is 6. The Balaban J connectivity index is 3.20. The molecule has 1 aromatic carbocycles. The van der Waals surface area contributed by atoms with E-state index in [2.05, 4.69) is 26.6 Å². The topological polar surface area (TPSA) is 249 Å². The number of unbranched alkanes of at least 4 members (excludes halogenated alkanes) is 1. The number of hydrogen-bond acceptors (Lipinski definition) is 9. The third-order valence-corrected chi connectivity index (χ3v) is 6.44. The Labute approximate surface area is 250 Å². The molecule has 43 heavy (non-hydrogen) atoms. The van der Waals surface area contributed by atoms with Gasteiger partial charge in [0.15, 0.2) is 0 Å². The van der Waals surface area contributed by atoms with Crippen molar-refractivity contribution in [3.8, 4) is 5.75 Å². The van der Waals surface area contributed by atoms with Crippen LogP contribution in [-0.4, -0.2) is 94.2 Å². The fraction of sp³-hybridized carbons (Fsp3) is 0.571. The van der Waals surface area contributed by atoms with E-state index in [0.717, 1.165) is 6.92 Å². The van der Waals surface area contributed by atoms with E-state index in [0.29, 0.717) is 24.9 Å². The molecule has 0 heterocycles. The van der Waals surface area contributed by atoms with Crippen LogP contribution in [-0.2, 0) is 35.2 Å².